The molecule has 3 heterocycles. The van der Waals surface area contributed by atoms with Crippen molar-refractivity contribution in [2.75, 3.05) is 13.2 Å². The molecule has 1 aliphatic heterocycles. The van der Waals surface area contributed by atoms with Crippen LogP contribution < -0.4 is 10.6 Å². The Balaban J connectivity index is 1.47. The van der Waals surface area contributed by atoms with Gasteiger partial charge in [0.15, 0.2) is 0 Å². The summed E-state index contributed by atoms with van der Waals surface area (Å²) in [4.78, 5) is 13.1. The van der Waals surface area contributed by atoms with E-state index in [0.717, 1.165) is 30.0 Å². The van der Waals surface area contributed by atoms with E-state index in [1.54, 1.807) is 11.3 Å². The average molecular weight is 334 g/mol. The molecule has 0 aromatic carbocycles. The van der Waals surface area contributed by atoms with Crippen LogP contribution in [0.4, 0.5) is 4.79 Å². The Morgan fingerprint density at radius 3 is 3.17 bits per heavy atom. The van der Waals surface area contributed by atoms with Gasteiger partial charge in [0, 0.05) is 42.3 Å². The van der Waals surface area contributed by atoms with Crippen LogP contribution in [0.25, 0.3) is 0 Å². The molecule has 23 heavy (non-hydrogen) atoms. The molecule has 0 bridgehead atoms. The molecule has 6 nitrogen and oxygen atoms in total. The first-order chi connectivity index (χ1) is 11.3. The second kappa shape index (κ2) is 7.61. The van der Waals surface area contributed by atoms with Crippen molar-refractivity contribution in [1.82, 2.24) is 20.4 Å². The van der Waals surface area contributed by atoms with E-state index in [1.807, 2.05) is 34.6 Å². The van der Waals surface area contributed by atoms with Crippen molar-refractivity contribution in [3.05, 3.63) is 40.3 Å². The summed E-state index contributed by atoms with van der Waals surface area (Å²) in [6, 6.07) is 3.86. The summed E-state index contributed by atoms with van der Waals surface area (Å²) in [5.41, 5.74) is 1.09. The van der Waals surface area contributed by atoms with E-state index >= 15 is 0 Å². The van der Waals surface area contributed by atoms with Gasteiger partial charge in [0.1, 0.15) is 0 Å². The van der Waals surface area contributed by atoms with Crippen molar-refractivity contribution in [3.63, 3.8) is 0 Å². The second-order valence-corrected chi connectivity index (χ2v) is 6.64. The minimum Gasteiger partial charge on any atom is -0.373 e. The number of nitrogens with zero attached hydrogens (tertiary/aromatic N) is 2. The van der Waals surface area contributed by atoms with Crippen LogP contribution in [0.2, 0.25) is 0 Å². The molecule has 124 valence electrons. The average Bonchev–Trinajstić information content (AvgIpc) is 3.31. The van der Waals surface area contributed by atoms with Crippen LogP contribution in [0.5, 0.6) is 0 Å². The Labute approximate surface area is 139 Å². The van der Waals surface area contributed by atoms with E-state index in [1.165, 1.54) is 0 Å². The van der Waals surface area contributed by atoms with Gasteiger partial charge in [-0.2, -0.15) is 5.10 Å². The largest absolute Gasteiger partial charge is 0.373 e. The standard InChI is InChI=1S/C16H22N4O2S/c1-2-20-11-13(9-19-20)15-12(5-6-22-15)8-17-16(21)18-10-14-4-3-7-23-14/h3-4,7,9,11-12,15H,2,5-6,8,10H2,1H3,(H2,17,18,21)/t12-,15+/m1/s1. The summed E-state index contributed by atoms with van der Waals surface area (Å²) in [6.45, 7) is 4.81. The maximum atomic E-state index is 11.9. The first kappa shape index (κ1) is 16.0. The van der Waals surface area contributed by atoms with Crippen LogP contribution >= 0.6 is 11.3 Å². The lowest BCUT2D eigenvalue weighted by atomic mass is 9.97. The molecule has 2 aromatic heterocycles. The van der Waals surface area contributed by atoms with Crippen LogP contribution in [0.15, 0.2) is 29.9 Å². The van der Waals surface area contributed by atoms with Gasteiger partial charge in [-0.05, 0) is 24.8 Å². The predicted molar refractivity (Wildman–Crippen MR) is 89.3 cm³/mol. The zero-order chi connectivity index (χ0) is 16.1. The number of thiophene rings is 1. The van der Waals surface area contributed by atoms with Gasteiger partial charge in [0.2, 0.25) is 0 Å². The monoisotopic (exact) mass is 334 g/mol. The number of aryl methyl sites for hydroxylation is 1. The quantitative estimate of drug-likeness (QED) is 0.853. The summed E-state index contributed by atoms with van der Waals surface area (Å²) in [5, 5.41) is 12.1. The van der Waals surface area contributed by atoms with Gasteiger partial charge in [-0.1, -0.05) is 6.07 Å². The van der Waals surface area contributed by atoms with Crippen molar-refractivity contribution in [2.45, 2.75) is 32.5 Å². The van der Waals surface area contributed by atoms with Crippen molar-refractivity contribution in [3.8, 4) is 0 Å². The van der Waals surface area contributed by atoms with Crippen molar-refractivity contribution in [1.29, 1.82) is 0 Å². The van der Waals surface area contributed by atoms with E-state index in [9.17, 15) is 4.79 Å². The third-order valence-electron chi connectivity index (χ3n) is 4.05. The van der Waals surface area contributed by atoms with Crippen LogP contribution in [0.3, 0.4) is 0 Å². The molecule has 0 spiro atoms. The number of hydrogen-bond donors (Lipinski definition) is 2. The lowest BCUT2D eigenvalue weighted by molar-refractivity contribution is 0.0909. The molecule has 7 heteroatoms. The number of amides is 2. The molecule has 2 N–H and O–H groups in total. The lowest BCUT2D eigenvalue weighted by Crippen LogP contribution is -2.38. The maximum absolute atomic E-state index is 11.9. The normalized spacial score (nSPS) is 20.6. The molecular weight excluding hydrogens is 312 g/mol. The highest BCUT2D eigenvalue weighted by Gasteiger charge is 2.30. The Morgan fingerprint density at radius 1 is 1.52 bits per heavy atom. The van der Waals surface area contributed by atoms with E-state index < -0.39 is 0 Å². The number of rotatable bonds is 6. The van der Waals surface area contributed by atoms with Gasteiger partial charge >= 0.3 is 6.03 Å². The van der Waals surface area contributed by atoms with Crippen molar-refractivity contribution >= 4 is 17.4 Å². The van der Waals surface area contributed by atoms with Crippen LogP contribution in [0.1, 0.15) is 29.9 Å². The van der Waals surface area contributed by atoms with Crippen LogP contribution in [0, 0.1) is 5.92 Å². The first-order valence-corrected chi connectivity index (χ1v) is 8.82. The van der Waals surface area contributed by atoms with Crippen molar-refractivity contribution in [2.24, 2.45) is 5.92 Å². The second-order valence-electron chi connectivity index (χ2n) is 5.61. The van der Waals surface area contributed by atoms with Gasteiger partial charge < -0.3 is 15.4 Å². The highest BCUT2D eigenvalue weighted by molar-refractivity contribution is 7.09. The Morgan fingerprint density at radius 2 is 2.43 bits per heavy atom. The number of nitrogens with one attached hydrogen (secondary N) is 2. The molecular formula is C16H22N4O2S. The summed E-state index contributed by atoms with van der Waals surface area (Å²) >= 11 is 1.64. The summed E-state index contributed by atoms with van der Waals surface area (Å²) in [6.07, 6.45) is 4.86. The summed E-state index contributed by atoms with van der Waals surface area (Å²) in [7, 11) is 0. The zero-order valence-corrected chi connectivity index (χ0v) is 14.0. The molecule has 2 aromatic rings. The van der Waals surface area contributed by atoms with Gasteiger partial charge in [-0.3, -0.25) is 4.68 Å². The van der Waals surface area contributed by atoms with E-state index in [2.05, 4.69) is 22.7 Å². The molecule has 2 atom stereocenters. The van der Waals surface area contributed by atoms with Gasteiger partial charge in [0.25, 0.3) is 0 Å². The molecule has 2 amide bonds. The summed E-state index contributed by atoms with van der Waals surface area (Å²) < 4.78 is 7.74. The Kier molecular flexibility index (Phi) is 5.30. The molecule has 0 unspecified atom stereocenters. The topological polar surface area (TPSA) is 68.2 Å². The summed E-state index contributed by atoms with van der Waals surface area (Å²) in [5.74, 6) is 0.289. The molecule has 0 radical (unpaired) electrons. The third kappa shape index (κ3) is 4.11. The molecule has 0 aliphatic carbocycles. The maximum Gasteiger partial charge on any atom is 0.315 e. The van der Waals surface area contributed by atoms with Crippen LogP contribution in [-0.2, 0) is 17.8 Å². The number of urea groups is 1. The SMILES string of the molecule is CCn1cc([C@H]2OCC[C@@H]2CNC(=O)NCc2cccs2)cn1. The molecule has 1 saturated heterocycles. The first-order valence-electron chi connectivity index (χ1n) is 7.94. The number of hydrogen-bond acceptors (Lipinski definition) is 4. The highest BCUT2D eigenvalue weighted by Crippen LogP contribution is 2.33. The number of aromatic nitrogens is 2. The third-order valence-corrected chi connectivity index (χ3v) is 4.92. The Bertz CT molecular complexity index is 626. The van der Waals surface area contributed by atoms with E-state index in [4.69, 9.17) is 4.74 Å². The Hall–Kier alpha value is -1.86. The minimum absolute atomic E-state index is 0.0212. The highest BCUT2D eigenvalue weighted by atomic mass is 32.1. The minimum atomic E-state index is -0.131. The zero-order valence-electron chi connectivity index (χ0n) is 13.2. The number of carbonyl (C=O) groups is 1. The molecule has 3 rings (SSSR count). The fraction of sp³-hybridized carbons (Fsp3) is 0.500. The fourth-order valence-electron chi connectivity index (χ4n) is 2.78. The smallest absolute Gasteiger partial charge is 0.315 e. The van der Waals surface area contributed by atoms with Crippen molar-refractivity contribution < 1.29 is 9.53 Å². The molecule has 0 saturated carbocycles. The number of ether oxygens (including phenoxy) is 1. The predicted octanol–water partition coefficient (Wildman–Crippen LogP) is 2.54. The van der Waals surface area contributed by atoms with Gasteiger partial charge in [-0.25, -0.2) is 4.79 Å². The molecule has 1 fully saturated rings. The van der Waals surface area contributed by atoms with Gasteiger partial charge in [0.05, 0.1) is 18.8 Å². The number of carbonyl (C=O) groups excluding carboxylic acids is 1. The van der Waals surface area contributed by atoms with E-state index in [0.29, 0.717) is 13.1 Å². The van der Waals surface area contributed by atoms with E-state index in [-0.39, 0.29) is 18.1 Å². The molecule has 1 aliphatic rings. The lowest BCUT2D eigenvalue weighted by Gasteiger charge is -2.18. The van der Waals surface area contributed by atoms with Crippen LogP contribution in [-0.4, -0.2) is 29.0 Å². The van der Waals surface area contributed by atoms with Gasteiger partial charge in [-0.15, -0.1) is 11.3 Å². The fourth-order valence-corrected chi connectivity index (χ4v) is 3.42.